The molecule has 1 N–H and O–H groups in total. The fourth-order valence-corrected chi connectivity index (χ4v) is 14.7. The van der Waals surface area contributed by atoms with E-state index in [-0.39, 0.29) is 11.6 Å². The van der Waals surface area contributed by atoms with Crippen LogP contribution in [0.1, 0.15) is 49.3 Å². The maximum atomic E-state index is 4.45. The minimum atomic E-state index is -1.39. The second-order valence-electron chi connectivity index (χ2n) is 12.3. The van der Waals surface area contributed by atoms with Crippen molar-refractivity contribution in [3.8, 4) is 0 Å². The molecule has 0 bridgehead atoms. The van der Waals surface area contributed by atoms with Gasteiger partial charge in [0.15, 0.2) is 5.82 Å². The van der Waals surface area contributed by atoms with Crippen LogP contribution in [0.3, 0.4) is 0 Å². The Morgan fingerprint density at radius 2 is 1.44 bits per heavy atom. The molecular formula is C27H41N5Si2. The van der Waals surface area contributed by atoms with Crippen molar-refractivity contribution in [2.24, 2.45) is 0 Å². The third-order valence-electron chi connectivity index (χ3n) is 5.95. The number of aromatic nitrogens is 4. The summed E-state index contributed by atoms with van der Waals surface area (Å²) in [5, 5.41) is 16.5. The molecule has 0 fully saturated rings. The zero-order valence-electron chi connectivity index (χ0n) is 22.6. The second-order valence-corrected chi connectivity index (χ2v) is 22.9. The zero-order valence-corrected chi connectivity index (χ0v) is 24.6. The predicted octanol–water partition coefficient (Wildman–Crippen LogP) is 7.08. The summed E-state index contributed by atoms with van der Waals surface area (Å²) >= 11 is 0. The van der Waals surface area contributed by atoms with Crippen LogP contribution in [-0.4, -0.2) is 36.4 Å². The van der Waals surface area contributed by atoms with Crippen molar-refractivity contribution >= 4 is 27.9 Å². The number of nitrogens with one attached hydrogen (secondary N) is 1. The summed E-state index contributed by atoms with van der Waals surface area (Å²) in [6.07, 6.45) is 2.46. The van der Waals surface area contributed by atoms with Crippen LogP contribution in [0.15, 0.2) is 53.4 Å². The average molecular weight is 492 g/mol. The first-order chi connectivity index (χ1) is 15.7. The normalized spacial score (nSPS) is 13.5. The number of hydrogen-bond donors (Lipinski definition) is 1. The quantitative estimate of drug-likeness (QED) is 0.359. The first kappa shape index (κ1) is 26.1. The van der Waals surface area contributed by atoms with Crippen molar-refractivity contribution < 1.29 is 0 Å². The van der Waals surface area contributed by atoms with Gasteiger partial charge in [-0.15, -0.1) is 5.10 Å². The molecule has 2 aromatic carbocycles. The Kier molecular flexibility index (Phi) is 7.38. The number of tetrazole rings is 1. The summed E-state index contributed by atoms with van der Waals surface area (Å²) in [5.74, 6) is 0.807. The summed E-state index contributed by atoms with van der Waals surface area (Å²) in [5.41, 5.74) is 4.47. The highest BCUT2D eigenvalue weighted by Crippen LogP contribution is 2.30. The molecule has 0 spiro atoms. The summed E-state index contributed by atoms with van der Waals surface area (Å²) in [4.78, 5) is 1.71. The van der Waals surface area contributed by atoms with E-state index in [1.807, 2.05) is 4.68 Å². The lowest BCUT2D eigenvalue weighted by Gasteiger charge is -2.31. The zero-order chi connectivity index (χ0) is 25.3. The van der Waals surface area contributed by atoms with E-state index in [1.165, 1.54) is 11.1 Å². The molecule has 1 atom stereocenters. The molecule has 3 rings (SSSR count). The van der Waals surface area contributed by atoms with Crippen LogP contribution in [-0.2, 0) is 5.54 Å². The van der Waals surface area contributed by atoms with Gasteiger partial charge in [-0.2, -0.15) is 0 Å². The largest absolute Gasteiger partial charge is 0.371 e. The van der Waals surface area contributed by atoms with Gasteiger partial charge in [0.25, 0.3) is 0 Å². The highest BCUT2D eigenvalue weighted by Gasteiger charge is 2.31. The van der Waals surface area contributed by atoms with E-state index >= 15 is 0 Å². The van der Waals surface area contributed by atoms with E-state index in [0.29, 0.717) is 0 Å². The van der Waals surface area contributed by atoms with Crippen LogP contribution >= 0.6 is 0 Å². The Morgan fingerprint density at radius 1 is 0.882 bits per heavy atom. The van der Waals surface area contributed by atoms with Crippen molar-refractivity contribution in [2.45, 2.75) is 78.6 Å². The summed E-state index contributed by atoms with van der Waals surface area (Å²) in [7, 11) is -2.77. The van der Waals surface area contributed by atoms with Gasteiger partial charge in [-0.25, -0.2) is 4.68 Å². The maximum Gasteiger partial charge on any atom is 0.178 e. The molecule has 0 aliphatic heterocycles. The molecular weight excluding hydrogens is 451 g/mol. The van der Waals surface area contributed by atoms with Crippen LogP contribution in [0, 0.1) is 6.92 Å². The Labute approximate surface area is 207 Å². The molecule has 0 saturated carbocycles. The van der Waals surface area contributed by atoms with Gasteiger partial charge < -0.3 is 5.32 Å². The molecule has 34 heavy (non-hydrogen) atoms. The van der Waals surface area contributed by atoms with E-state index in [4.69, 9.17) is 0 Å². The Balaban J connectivity index is 2.04. The summed E-state index contributed by atoms with van der Waals surface area (Å²) in [6, 6.07) is 17.2. The molecule has 7 heteroatoms. The topological polar surface area (TPSA) is 55.6 Å². The number of benzene rings is 2. The van der Waals surface area contributed by atoms with Gasteiger partial charge in [0.05, 0.1) is 21.7 Å². The Morgan fingerprint density at radius 3 is 1.94 bits per heavy atom. The first-order valence-corrected chi connectivity index (χ1v) is 19.1. The molecule has 0 amide bonds. The van der Waals surface area contributed by atoms with Crippen LogP contribution in [0.4, 0.5) is 5.69 Å². The van der Waals surface area contributed by atoms with E-state index in [0.717, 1.165) is 17.1 Å². The lowest BCUT2D eigenvalue weighted by atomic mass is 10.0. The first-order valence-electron chi connectivity index (χ1n) is 12.1. The number of rotatable bonds is 7. The van der Waals surface area contributed by atoms with Crippen molar-refractivity contribution in [2.75, 3.05) is 5.32 Å². The number of nitrogens with zero attached hydrogens (tertiary/aromatic N) is 4. The summed E-state index contributed by atoms with van der Waals surface area (Å²) in [6.45, 7) is 23.2. The van der Waals surface area contributed by atoms with Crippen molar-refractivity contribution in [3.05, 3.63) is 75.9 Å². The van der Waals surface area contributed by atoms with E-state index in [9.17, 15) is 0 Å². The Bertz CT molecular complexity index is 1110. The highest BCUT2D eigenvalue weighted by molar-refractivity contribution is 7.05. The molecule has 1 heterocycles. The van der Waals surface area contributed by atoms with Gasteiger partial charge >= 0.3 is 0 Å². The second kappa shape index (κ2) is 9.62. The standard InChI is InChI=1S/C27H41N5Si2/c1-20-11-17-23(18-12-20)28-25(26-29-30-31-32(26)27(2,3)4)22-15-13-21(14-16-22)19-24(33(5,6)7)34(8,9)10/h11-19,25,28H,1-10H3. The van der Waals surface area contributed by atoms with Crippen molar-refractivity contribution in [3.63, 3.8) is 0 Å². The number of aryl methyl sites for hydroxylation is 1. The highest BCUT2D eigenvalue weighted by atomic mass is 28.4. The summed E-state index contributed by atoms with van der Waals surface area (Å²) < 4.78 is 1.92. The average Bonchev–Trinajstić information content (AvgIpc) is 3.21. The van der Waals surface area contributed by atoms with Gasteiger partial charge in [0.1, 0.15) is 6.04 Å². The van der Waals surface area contributed by atoms with Crippen molar-refractivity contribution in [1.82, 2.24) is 20.2 Å². The van der Waals surface area contributed by atoms with E-state index < -0.39 is 16.1 Å². The minimum absolute atomic E-state index is 0.164. The van der Waals surface area contributed by atoms with Gasteiger partial charge in [-0.05, 0) is 61.4 Å². The fraction of sp³-hybridized carbons (Fsp3) is 0.444. The Hall–Kier alpha value is -2.52. The third kappa shape index (κ3) is 6.33. The van der Waals surface area contributed by atoms with Gasteiger partial charge in [0.2, 0.25) is 0 Å². The third-order valence-corrected chi connectivity index (χ3v) is 14.0. The molecule has 0 radical (unpaired) electrons. The van der Waals surface area contributed by atoms with E-state index in [1.54, 1.807) is 4.82 Å². The fourth-order valence-electron chi connectivity index (χ4n) is 4.47. The van der Waals surface area contributed by atoms with Crippen molar-refractivity contribution in [1.29, 1.82) is 0 Å². The number of hydrogen-bond acceptors (Lipinski definition) is 4. The van der Waals surface area contributed by atoms with Crippen LogP contribution in [0.5, 0.6) is 0 Å². The van der Waals surface area contributed by atoms with Crippen LogP contribution < -0.4 is 5.32 Å². The number of anilines is 1. The smallest absolute Gasteiger partial charge is 0.178 e. The molecule has 0 aliphatic carbocycles. The predicted molar refractivity (Wildman–Crippen MR) is 151 cm³/mol. The van der Waals surface area contributed by atoms with E-state index in [2.05, 4.69) is 142 Å². The lowest BCUT2D eigenvalue weighted by Crippen LogP contribution is -2.39. The molecule has 1 aromatic heterocycles. The molecule has 3 aromatic rings. The monoisotopic (exact) mass is 491 g/mol. The molecule has 0 saturated heterocycles. The van der Waals surface area contributed by atoms with Crippen LogP contribution in [0.2, 0.25) is 39.3 Å². The molecule has 182 valence electrons. The SMILES string of the molecule is Cc1ccc(NC(c2ccc(C=C([Si](C)(C)C)[Si](C)(C)C)cc2)c2nnnn2C(C)(C)C)cc1. The van der Waals surface area contributed by atoms with Crippen LogP contribution in [0.25, 0.3) is 6.08 Å². The lowest BCUT2D eigenvalue weighted by molar-refractivity contribution is 0.333. The molecule has 5 nitrogen and oxygen atoms in total. The van der Waals surface area contributed by atoms with Gasteiger partial charge in [-0.3, -0.25) is 0 Å². The minimum Gasteiger partial charge on any atom is -0.371 e. The maximum absolute atomic E-state index is 4.45. The van der Waals surface area contributed by atoms with Gasteiger partial charge in [-0.1, -0.05) is 92.1 Å². The van der Waals surface area contributed by atoms with Gasteiger partial charge in [0, 0.05) is 5.69 Å². The molecule has 0 aliphatic rings. The molecule has 1 unspecified atom stereocenters.